The van der Waals surface area contributed by atoms with Crippen LogP contribution in [-0.4, -0.2) is 52.3 Å². The van der Waals surface area contributed by atoms with Crippen LogP contribution in [-0.2, 0) is 8.85 Å². The monoisotopic (exact) mass is 516 g/mol. The zero-order valence-electron chi connectivity index (χ0n) is 24.5. The molecule has 0 aromatic carbocycles. The predicted molar refractivity (Wildman–Crippen MR) is 151 cm³/mol. The molecular weight excluding hydrogens is 456 g/mol. The van der Waals surface area contributed by atoms with Crippen molar-refractivity contribution in [2.75, 3.05) is 13.2 Å². The summed E-state index contributed by atoms with van der Waals surface area (Å²) in [5, 5.41) is 19.3. The summed E-state index contributed by atoms with van der Waals surface area (Å²) in [6.45, 7) is 23.7. The van der Waals surface area contributed by atoms with Gasteiger partial charge in [-0.3, -0.25) is 0 Å². The Hall–Kier alpha value is 0.274. The molecule has 0 aliphatic heterocycles. The van der Waals surface area contributed by atoms with E-state index in [1.807, 2.05) is 0 Å². The Labute approximate surface area is 214 Å². The van der Waals surface area contributed by atoms with Crippen LogP contribution in [0.25, 0.3) is 0 Å². The Morgan fingerprint density at radius 1 is 0.588 bits per heavy atom. The molecule has 0 aromatic heterocycles. The molecule has 2 aliphatic carbocycles. The lowest BCUT2D eigenvalue weighted by atomic mass is 10.0. The van der Waals surface area contributed by atoms with Gasteiger partial charge in [-0.2, -0.15) is 0 Å². The quantitative estimate of drug-likeness (QED) is 0.278. The fourth-order valence-electron chi connectivity index (χ4n) is 4.56. The third kappa shape index (κ3) is 10.7. The van der Waals surface area contributed by atoms with Crippen LogP contribution in [0.2, 0.25) is 36.3 Å². The van der Waals surface area contributed by atoms with Gasteiger partial charge >= 0.3 is 0 Å². The van der Waals surface area contributed by atoms with Gasteiger partial charge in [0, 0.05) is 25.4 Å². The van der Waals surface area contributed by atoms with Crippen molar-refractivity contribution in [3.63, 3.8) is 0 Å². The van der Waals surface area contributed by atoms with Crippen molar-refractivity contribution in [1.82, 2.24) is 0 Å². The van der Waals surface area contributed by atoms with Crippen molar-refractivity contribution in [2.45, 2.75) is 154 Å². The van der Waals surface area contributed by atoms with Crippen molar-refractivity contribution in [1.29, 1.82) is 0 Å². The minimum Gasteiger partial charge on any atom is -0.414 e. The van der Waals surface area contributed by atoms with Crippen LogP contribution in [0.15, 0.2) is 0 Å². The van der Waals surface area contributed by atoms with E-state index >= 15 is 0 Å². The first-order valence-electron chi connectivity index (χ1n) is 14.1. The molecule has 2 N–H and O–H groups in total. The highest BCUT2D eigenvalue weighted by molar-refractivity contribution is 6.74. The second kappa shape index (κ2) is 13.7. The molecule has 2 rings (SSSR count). The van der Waals surface area contributed by atoms with Gasteiger partial charge in [0.1, 0.15) is 0 Å². The van der Waals surface area contributed by atoms with Crippen LogP contribution < -0.4 is 0 Å². The molecule has 0 radical (unpaired) electrons. The lowest BCUT2D eigenvalue weighted by Gasteiger charge is -2.39. The fourth-order valence-corrected chi connectivity index (χ4v) is 7.36. The maximum Gasteiger partial charge on any atom is 0.192 e. The van der Waals surface area contributed by atoms with Gasteiger partial charge in [-0.25, -0.2) is 0 Å². The van der Waals surface area contributed by atoms with E-state index in [4.69, 9.17) is 8.85 Å². The van der Waals surface area contributed by atoms with Gasteiger partial charge in [-0.05, 0) is 86.6 Å². The average molecular weight is 517 g/mol. The van der Waals surface area contributed by atoms with Crippen LogP contribution in [0.1, 0.15) is 106 Å². The summed E-state index contributed by atoms with van der Waals surface area (Å²) in [6.07, 6.45) is 12.6. The van der Waals surface area contributed by atoms with Crippen molar-refractivity contribution >= 4 is 16.6 Å². The lowest BCUT2D eigenvalue weighted by molar-refractivity contribution is 0.125. The third-order valence-electron chi connectivity index (χ3n) is 9.02. The number of rotatable bonds is 6. The minimum absolute atomic E-state index is 0.286. The molecule has 6 heteroatoms. The average Bonchev–Trinajstić information content (AvgIpc) is 3.06. The molecule has 4 nitrogen and oxygen atoms in total. The predicted octanol–water partition coefficient (Wildman–Crippen LogP) is 7.90. The summed E-state index contributed by atoms with van der Waals surface area (Å²) >= 11 is 0. The SMILES string of the molecule is CC(C)(C)[Si](C)(C)O[C@@H]1CCCC[C@@H](CO)C1.CC(C)(C)[Si](C)(C)O[C@@H]1CCCC[C@H](CO)C1. The van der Waals surface area contributed by atoms with E-state index in [1.165, 1.54) is 51.4 Å². The summed E-state index contributed by atoms with van der Waals surface area (Å²) in [5.41, 5.74) is 0. The number of hydrogen-bond donors (Lipinski definition) is 2. The van der Waals surface area contributed by atoms with Crippen LogP contribution >= 0.6 is 0 Å². The Morgan fingerprint density at radius 2 is 0.882 bits per heavy atom. The molecular formula is C28H60O4Si2. The first kappa shape index (κ1) is 32.3. The van der Waals surface area contributed by atoms with Gasteiger partial charge in [0.2, 0.25) is 0 Å². The maximum absolute atomic E-state index is 9.35. The minimum atomic E-state index is -1.64. The van der Waals surface area contributed by atoms with Crippen LogP contribution in [0.5, 0.6) is 0 Å². The second-order valence-corrected chi connectivity index (χ2v) is 23.7. The van der Waals surface area contributed by atoms with Crippen molar-refractivity contribution in [2.24, 2.45) is 11.8 Å². The van der Waals surface area contributed by atoms with E-state index in [1.54, 1.807) is 0 Å². The Bertz CT molecular complexity index is 516. The van der Waals surface area contributed by atoms with E-state index in [0.29, 0.717) is 37.3 Å². The van der Waals surface area contributed by atoms with Crippen LogP contribution in [0.4, 0.5) is 0 Å². The van der Waals surface area contributed by atoms with E-state index in [9.17, 15) is 10.2 Å². The van der Waals surface area contributed by atoms with E-state index in [2.05, 4.69) is 67.7 Å². The molecule has 4 atom stereocenters. The highest BCUT2D eigenvalue weighted by Crippen LogP contribution is 2.40. The number of hydrogen-bond acceptors (Lipinski definition) is 4. The van der Waals surface area contributed by atoms with Gasteiger partial charge < -0.3 is 19.1 Å². The molecule has 0 saturated heterocycles. The first-order chi connectivity index (χ1) is 15.5. The molecule has 2 fully saturated rings. The van der Waals surface area contributed by atoms with Crippen LogP contribution in [0.3, 0.4) is 0 Å². The standard InChI is InChI=1S/2C14H30O2Si/c2*1-14(2,3)17(4,5)16-13-9-7-6-8-12(10-13)11-15/h2*12-13,15H,6-11H2,1-5H3/t12-,13+;12-,13-/m01/s1. The molecule has 204 valence electrons. The molecule has 2 saturated carbocycles. The third-order valence-corrected chi connectivity index (χ3v) is 18.1. The highest BCUT2D eigenvalue weighted by Gasteiger charge is 2.40. The normalized spacial score (nSPS) is 27.9. The molecule has 0 amide bonds. The van der Waals surface area contributed by atoms with Gasteiger partial charge in [-0.15, -0.1) is 0 Å². The summed E-state index contributed by atoms with van der Waals surface area (Å²) in [7, 11) is -3.28. The van der Waals surface area contributed by atoms with E-state index in [0.717, 1.165) is 12.8 Å². The van der Waals surface area contributed by atoms with Crippen LogP contribution in [0, 0.1) is 11.8 Å². The Morgan fingerprint density at radius 3 is 1.15 bits per heavy atom. The van der Waals surface area contributed by atoms with Gasteiger partial charge in [0.15, 0.2) is 16.6 Å². The fraction of sp³-hybridized carbons (Fsp3) is 1.00. The molecule has 2 aliphatic rings. The second-order valence-electron chi connectivity index (χ2n) is 14.1. The largest absolute Gasteiger partial charge is 0.414 e. The maximum atomic E-state index is 9.35. The van der Waals surface area contributed by atoms with Gasteiger partial charge in [0.05, 0.1) is 0 Å². The van der Waals surface area contributed by atoms with Gasteiger partial charge in [0.25, 0.3) is 0 Å². The smallest absolute Gasteiger partial charge is 0.192 e. The molecule has 0 heterocycles. The number of aliphatic hydroxyl groups excluding tert-OH is 2. The molecule has 0 unspecified atom stereocenters. The zero-order valence-corrected chi connectivity index (χ0v) is 26.5. The van der Waals surface area contributed by atoms with E-state index in [-0.39, 0.29) is 10.1 Å². The Kier molecular flexibility index (Phi) is 13.0. The highest BCUT2D eigenvalue weighted by atomic mass is 28.4. The van der Waals surface area contributed by atoms with Crippen molar-refractivity contribution in [3.05, 3.63) is 0 Å². The van der Waals surface area contributed by atoms with Gasteiger partial charge in [-0.1, -0.05) is 67.2 Å². The summed E-state index contributed by atoms with van der Waals surface area (Å²) in [4.78, 5) is 0. The van der Waals surface area contributed by atoms with Crippen molar-refractivity contribution in [3.8, 4) is 0 Å². The molecule has 0 bridgehead atoms. The van der Waals surface area contributed by atoms with Crippen molar-refractivity contribution < 1.29 is 19.1 Å². The number of aliphatic hydroxyl groups is 2. The first-order valence-corrected chi connectivity index (χ1v) is 19.9. The summed E-state index contributed by atoms with van der Waals surface area (Å²) in [6, 6.07) is 0. The molecule has 0 spiro atoms. The summed E-state index contributed by atoms with van der Waals surface area (Å²) in [5.74, 6) is 0.930. The lowest BCUT2D eigenvalue weighted by Crippen LogP contribution is -2.44. The van der Waals surface area contributed by atoms with E-state index < -0.39 is 16.6 Å². The zero-order chi connectivity index (χ0) is 26.2. The molecule has 34 heavy (non-hydrogen) atoms. The Balaban J connectivity index is 0.000000340. The molecule has 0 aromatic rings. The topological polar surface area (TPSA) is 58.9 Å². The summed E-state index contributed by atoms with van der Waals surface area (Å²) < 4.78 is 13.0.